The predicted molar refractivity (Wildman–Crippen MR) is 147 cm³/mol. The van der Waals surface area contributed by atoms with E-state index in [4.69, 9.17) is 9.84 Å². The number of rotatable bonds is 9. The summed E-state index contributed by atoms with van der Waals surface area (Å²) in [6.45, 7) is 0.430. The molecular weight excluding hydrogens is 671 g/mol. The lowest BCUT2D eigenvalue weighted by Gasteiger charge is -2.32. The fourth-order valence-corrected chi connectivity index (χ4v) is 6.04. The lowest BCUT2D eigenvalue weighted by molar-refractivity contribution is -0.274. The van der Waals surface area contributed by atoms with Crippen LogP contribution in [0.5, 0.6) is 5.75 Å². The topological polar surface area (TPSA) is 117 Å². The van der Waals surface area contributed by atoms with Crippen molar-refractivity contribution in [3.05, 3.63) is 58.7 Å². The number of nitrogens with zero attached hydrogens (tertiary/aromatic N) is 2. The normalized spacial score (nSPS) is 22.0. The van der Waals surface area contributed by atoms with Crippen LogP contribution in [-0.4, -0.2) is 52.2 Å². The Kier molecular flexibility index (Phi) is 10.3. The summed E-state index contributed by atoms with van der Waals surface area (Å²) in [5.41, 5.74) is -4.31. The van der Waals surface area contributed by atoms with Crippen LogP contribution in [0, 0.1) is 11.8 Å². The summed E-state index contributed by atoms with van der Waals surface area (Å²) in [6, 6.07) is 2.11. The fraction of sp³-hybridized carbons (Fsp3) is 0.500. The van der Waals surface area contributed by atoms with Gasteiger partial charge < -0.3 is 19.7 Å². The number of hydrogen-bond acceptors (Lipinski definition) is 5. The smallest absolute Gasteiger partial charge is 0.481 e. The van der Waals surface area contributed by atoms with Crippen LogP contribution in [0.4, 0.5) is 54.8 Å². The summed E-state index contributed by atoms with van der Waals surface area (Å²) in [7, 11) is 0. The number of cyclic esters (lactones) is 1. The molecule has 0 aromatic heterocycles. The van der Waals surface area contributed by atoms with E-state index in [2.05, 4.69) is 4.74 Å². The molecule has 0 unspecified atom stereocenters. The monoisotopic (exact) mass is 700 g/mol. The number of halogens is 9. The van der Waals surface area contributed by atoms with E-state index in [1.54, 1.807) is 0 Å². The van der Waals surface area contributed by atoms with Gasteiger partial charge in [-0.15, -0.1) is 13.2 Å². The third-order valence-electron chi connectivity index (χ3n) is 8.35. The van der Waals surface area contributed by atoms with Crippen molar-refractivity contribution in [1.82, 2.24) is 4.90 Å². The highest BCUT2D eigenvalue weighted by Crippen LogP contribution is 2.42. The van der Waals surface area contributed by atoms with E-state index in [1.807, 2.05) is 0 Å². The molecule has 2 aliphatic rings. The Balaban J connectivity index is 1.66. The van der Waals surface area contributed by atoms with Gasteiger partial charge in [-0.05, 0) is 92.0 Å². The highest BCUT2D eigenvalue weighted by atomic mass is 19.4. The number of carbonyl (C=O) groups excluding carboxylic acids is 1. The van der Waals surface area contributed by atoms with Gasteiger partial charge in [-0.1, -0.05) is 0 Å². The Morgan fingerprint density at radius 2 is 1.46 bits per heavy atom. The van der Waals surface area contributed by atoms with E-state index in [0.29, 0.717) is 37.8 Å². The zero-order valence-corrected chi connectivity index (χ0v) is 25.0. The first-order chi connectivity index (χ1) is 22.1. The summed E-state index contributed by atoms with van der Waals surface area (Å²) < 4.78 is 129. The van der Waals surface area contributed by atoms with E-state index in [9.17, 15) is 59.0 Å². The Bertz CT molecular complexity index is 1490. The van der Waals surface area contributed by atoms with Gasteiger partial charge in [0.05, 0.1) is 29.4 Å². The van der Waals surface area contributed by atoms with Crippen molar-refractivity contribution in [1.29, 1.82) is 0 Å². The van der Waals surface area contributed by atoms with Crippen LogP contribution in [-0.2, 0) is 28.4 Å². The van der Waals surface area contributed by atoms with Gasteiger partial charge in [-0.25, -0.2) is 9.59 Å². The quantitative estimate of drug-likeness (QED) is 0.252. The molecule has 1 heterocycles. The molecule has 4 rings (SSSR count). The average molecular weight is 701 g/mol. The summed E-state index contributed by atoms with van der Waals surface area (Å²) >= 11 is 0. The standard InChI is InChI=1S/C30H29F9N2O7/c1-15-25(18-9-20(28(31,32)33)12-21(10-18)29(34,35)36)47-27(46)40(15)14-19-11-22(48-30(37,38)39)6-7-23(19)41(26(44)45)13-17-4-2-16(3-5-17)8-24(42)43/h6-7,9-12,15-17,25H,2-5,8,13-14H2,1H3,(H,42,43)(H,44,45)/t15-,16?,17?,25-/m0/s1. The largest absolute Gasteiger partial charge is 0.573 e. The molecule has 1 saturated carbocycles. The van der Waals surface area contributed by atoms with Gasteiger partial charge in [0.1, 0.15) is 11.9 Å². The minimum absolute atomic E-state index is 0.0523. The van der Waals surface area contributed by atoms with Crippen molar-refractivity contribution in [2.45, 2.75) is 76.4 Å². The van der Waals surface area contributed by atoms with Gasteiger partial charge in [0, 0.05) is 13.0 Å². The van der Waals surface area contributed by atoms with Crippen molar-refractivity contribution in [2.24, 2.45) is 11.8 Å². The lowest BCUT2D eigenvalue weighted by Crippen LogP contribution is -2.37. The lowest BCUT2D eigenvalue weighted by atomic mass is 9.80. The Labute approximate surface area is 266 Å². The maximum Gasteiger partial charge on any atom is 0.573 e. The Morgan fingerprint density at radius 1 is 0.896 bits per heavy atom. The SMILES string of the molecule is C[C@H]1[C@@H](c2cc(C(F)(F)F)cc(C(F)(F)F)c2)OC(=O)N1Cc1cc(OC(F)(F)F)ccc1N(CC1CCC(CC(=O)O)CC1)C(=O)O. The number of aliphatic carboxylic acids is 1. The summed E-state index contributed by atoms with van der Waals surface area (Å²) in [5.74, 6) is -2.12. The first kappa shape index (κ1) is 36.5. The molecule has 2 fully saturated rings. The molecule has 2 aromatic carbocycles. The van der Waals surface area contributed by atoms with Crippen LogP contribution in [0.1, 0.15) is 67.4 Å². The van der Waals surface area contributed by atoms with Gasteiger partial charge in [0.25, 0.3) is 0 Å². The molecule has 1 aliphatic heterocycles. The first-order valence-corrected chi connectivity index (χ1v) is 14.5. The molecule has 9 nitrogen and oxygen atoms in total. The third kappa shape index (κ3) is 8.94. The number of carboxylic acids is 1. The number of benzene rings is 2. The van der Waals surface area contributed by atoms with Gasteiger partial charge in [-0.3, -0.25) is 14.6 Å². The Hall–Kier alpha value is -4.38. The predicted octanol–water partition coefficient (Wildman–Crippen LogP) is 8.47. The Morgan fingerprint density at radius 3 is 1.96 bits per heavy atom. The number of amides is 2. The molecule has 1 aliphatic carbocycles. The van der Waals surface area contributed by atoms with Gasteiger partial charge >= 0.3 is 36.9 Å². The van der Waals surface area contributed by atoms with Crippen LogP contribution < -0.4 is 9.64 Å². The summed E-state index contributed by atoms with van der Waals surface area (Å²) in [5, 5.41) is 19.1. The molecule has 264 valence electrons. The molecule has 48 heavy (non-hydrogen) atoms. The molecule has 0 bridgehead atoms. The van der Waals surface area contributed by atoms with Crippen molar-refractivity contribution in [3.8, 4) is 5.75 Å². The van der Waals surface area contributed by atoms with E-state index >= 15 is 0 Å². The maximum absolute atomic E-state index is 13.5. The first-order valence-electron chi connectivity index (χ1n) is 14.5. The van der Waals surface area contributed by atoms with E-state index in [-0.39, 0.29) is 42.1 Å². The highest BCUT2D eigenvalue weighted by Gasteiger charge is 2.44. The molecule has 2 N–H and O–H groups in total. The number of hydrogen-bond donors (Lipinski definition) is 2. The van der Waals surface area contributed by atoms with Crippen LogP contribution >= 0.6 is 0 Å². The van der Waals surface area contributed by atoms with Crippen molar-refractivity contribution >= 4 is 23.8 Å². The second-order valence-corrected chi connectivity index (χ2v) is 11.7. The minimum atomic E-state index is -5.19. The maximum atomic E-state index is 13.5. The van der Waals surface area contributed by atoms with Gasteiger partial charge in [0.15, 0.2) is 0 Å². The van der Waals surface area contributed by atoms with Crippen molar-refractivity contribution < 1.29 is 73.6 Å². The number of ether oxygens (including phenoxy) is 2. The molecule has 2 atom stereocenters. The number of carboxylic acid groups (broad SMARTS) is 2. The average Bonchev–Trinajstić information content (AvgIpc) is 3.23. The molecule has 1 saturated heterocycles. The number of alkyl halides is 9. The zero-order valence-electron chi connectivity index (χ0n) is 25.0. The van der Waals surface area contributed by atoms with E-state index in [0.717, 1.165) is 28.0 Å². The summed E-state index contributed by atoms with van der Waals surface area (Å²) in [4.78, 5) is 38.1. The molecular formula is C30H29F9N2O7. The van der Waals surface area contributed by atoms with Crippen LogP contribution in [0.2, 0.25) is 0 Å². The third-order valence-corrected chi connectivity index (χ3v) is 8.35. The molecule has 2 aromatic rings. The van der Waals surface area contributed by atoms with Crippen molar-refractivity contribution in [2.75, 3.05) is 11.4 Å². The number of anilines is 1. The van der Waals surface area contributed by atoms with E-state index < -0.39 is 78.0 Å². The van der Waals surface area contributed by atoms with Crippen LogP contribution in [0.3, 0.4) is 0 Å². The van der Waals surface area contributed by atoms with Crippen LogP contribution in [0.25, 0.3) is 0 Å². The zero-order chi connectivity index (χ0) is 35.8. The van der Waals surface area contributed by atoms with Crippen molar-refractivity contribution in [3.63, 3.8) is 0 Å². The van der Waals surface area contributed by atoms with Gasteiger partial charge in [0.2, 0.25) is 0 Å². The molecule has 18 heteroatoms. The van der Waals surface area contributed by atoms with Gasteiger partial charge in [-0.2, -0.15) is 26.3 Å². The number of carbonyl (C=O) groups is 3. The van der Waals surface area contributed by atoms with E-state index in [1.165, 1.54) is 6.92 Å². The minimum Gasteiger partial charge on any atom is -0.481 e. The second kappa shape index (κ2) is 13.6. The molecule has 2 amide bonds. The fourth-order valence-electron chi connectivity index (χ4n) is 6.04. The second-order valence-electron chi connectivity index (χ2n) is 11.7. The molecule has 0 spiro atoms. The highest BCUT2D eigenvalue weighted by molar-refractivity contribution is 5.87. The van der Waals surface area contributed by atoms with Crippen LogP contribution in [0.15, 0.2) is 36.4 Å². The molecule has 0 radical (unpaired) electrons. The summed E-state index contributed by atoms with van der Waals surface area (Å²) in [6.07, 6.45) is -18.1.